The lowest BCUT2D eigenvalue weighted by Gasteiger charge is -2.09. The number of hydrogen-bond donors (Lipinski definition) is 1. The molecule has 0 aliphatic heterocycles. The maximum Gasteiger partial charge on any atom is 0.164 e. The summed E-state index contributed by atoms with van der Waals surface area (Å²) in [6.07, 6.45) is 3.28. The van der Waals surface area contributed by atoms with Gasteiger partial charge in [0.25, 0.3) is 0 Å². The van der Waals surface area contributed by atoms with E-state index in [-0.39, 0.29) is 5.15 Å². The first kappa shape index (κ1) is 14.7. The van der Waals surface area contributed by atoms with Crippen LogP contribution in [-0.4, -0.2) is 15.0 Å². The summed E-state index contributed by atoms with van der Waals surface area (Å²) in [5.74, 6) is 0.418. The minimum absolute atomic E-state index is 0.254. The third-order valence-corrected chi connectivity index (χ3v) is 3.33. The number of aromatic nitrogens is 3. The lowest BCUT2D eigenvalue weighted by molar-refractivity contribution is 0.628. The van der Waals surface area contributed by atoms with Crippen molar-refractivity contribution in [3.63, 3.8) is 0 Å². The number of benzene rings is 1. The molecule has 0 saturated heterocycles. The van der Waals surface area contributed by atoms with Gasteiger partial charge in [-0.05, 0) is 30.3 Å². The molecule has 3 rings (SSSR count). The van der Waals surface area contributed by atoms with Gasteiger partial charge in [0.1, 0.15) is 16.8 Å². The molecule has 110 valence electrons. The van der Waals surface area contributed by atoms with E-state index < -0.39 is 5.82 Å². The van der Waals surface area contributed by atoms with Crippen molar-refractivity contribution in [3.8, 4) is 11.4 Å². The first-order valence-corrected chi connectivity index (χ1v) is 7.04. The van der Waals surface area contributed by atoms with Crippen LogP contribution in [0.3, 0.4) is 0 Å². The zero-order chi connectivity index (χ0) is 15.5. The third-order valence-electron chi connectivity index (χ3n) is 2.81. The second kappa shape index (κ2) is 6.25. The minimum Gasteiger partial charge on any atom is -0.339 e. The van der Waals surface area contributed by atoms with Gasteiger partial charge in [0.05, 0.1) is 10.7 Å². The molecule has 0 spiro atoms. The van der Waals surface area contributed by atoms with Crippen LogP contribution in [0.25, 0.3) is 11.4 Å². The molecule has 4 nitrogen and oxygen atoms in total. The van der Waals surface area contributed by atoms with Crippen molar-refractivity contribution in [2.24, 2.45) is 0 Å². The highest BCUT2D eigenvalue weighted by Gasteiger charge is 2.08. The van der Waals surface area contributed by atoms with E-state index in [1.165, 1.54) is 24.3 Å². The Hall–Kier alpha value is -2.24. The summed E-state index contributed by atoms with van der Waals surface area (Å²) >= 11 is 12.0. The maximum absolute atomic E-state index is 13.3. The highest BCUT2D eigenvalue weighted by molar-refractivity contribution is 6.33. The fraction of sp³-hybridized carbons (Fsp3) is 0. The lowest BCUT2D eigenvalue weighted by atomic mass is 10.2. The standard InChI is InChI=1S/C15H9Cl2FN4/c16-11-4-3-10(18)6-12(11)20-14-7-13(17)21-15(22-14)9-2-1-5-19-8-9/h1-8H,(H,20,21,22). The van der Waals surface area contributed by atoms with E-state index in [1.807, 2.05) is 6.07 Å². The molecule has 2 heterocycles. The van der Waals surface area contributed by atoms with Crippen molar-refractivity contribution in [2.45, 2.75) is 0 Å². The van der Waals surface area contributed by atoms with Gasteiger partial charge in [-0.25, -0.2) is 14.4 Å². The molecule has 2 aromatic heterocycles. The Morgan fingerprint density at radius 1 is 1.05 bits per heavy atom. The minimum atomic E-state index is -0.403. The predicted molar refractivity (Wildman–Crippen MR) is 85.0 cm³/mol. The SMILES string of the molecule is Fc1ccc(Cl)c(Nc2cc(Cl)nc(-c3cccnc3)n2)c1. The Bertz CT molecular complexity index is 812. The summed E-state index contributed by atoms with van der Waals surface area (Å²) in [5.41, 5.74) is 1.12. The summed E-state index contributed by atoms with van der Waals surface area (Å²) in [6.45, 7) is 0. The van der Waals surface area contributed by atoms with Crippen LogP contribution in [0.15, 0.2) is 48.8 Å². The summed E-state index contributed by atoms with van der Waals surface area (Å²) in [5, 5.41) is 3.56. The number of halogens is 3. The second-order valence-corrected chi connectivity index (χ2v) is 5.18. The van der Waals surface area contributed by atoms with E-state index in [9.17, 15) is 4.39 Å². The molecule has 7 heteroatoms. The quantitative estimate of drug-likeness (QED) is 0.703. The second-order valence-electron chi connectivity index (χ2n) is 4.39. The third kappa shape index (κ3) is 3.32. The zero-order valence-electron chi connectivity index (χ0n) is 11.1. The maximum atomic E-state index is 13.3. The molecular formula is C15H9Cl2FN4. The van der Waals surface area contributed by atoms with Gasteiger partial charge in [-0.1, -0.05) is 23.2 Å². The molecule has 0 fully saturated rings. The molecule has 0 aliphatic rings. The largest absolute Gasteiger partial charge is 0.339 e. The van der Waals surface area contributed by atoms with Crippen molar-refractivity contribution in [1.29, 1.82) is 0 Å². The molecular weight excluding hydrogens is 326 g/mol. The molecule has 0 radical (unpaired) electrons. The van der Waals surface area contributed by atoms with Gasteiger partial charge >= 0.3 is 0 Å². The number of nitrogens with zero attached hydrogens (tertiary/aromatic N) is 3. The van der Waals surface area contributed by atoms with Crippen LogP contribution in [0.5, 0.6) is 0 Å². The molecule has 0 aliphatic carbocycles. The van der Waals surface area contributed by atoms with Gasteiger partial charge in [0.15, 0.2) is 5.82 Å². The first-order chi connectivity index (χ1) is 10.6. The molecule has 1 aromatic carbocycles. The van der Waals surface area contributed by atoms with E-state index >= 15 is 0 Å². The molecule has 0 bridgehead atoms. The van der Waals surface area contributed by atoms with Crippen LogP contribution < -0.4 is 5.32 Å². The van der Waals surface area contributed by atoms with Crippen LogP contribution >= 0.6 is 23.2 Å². The van der Waals surface area contributed by atoms with Crippen LogP contribution in [0, 0.1) is 5.82 Å². The summed E-state index contributed by atoms with van der Waals surface area (Å²) in [4.78, 5) is 12.5. The van der Waals surface area contributed by atoms with Crippen molar-refractivity contribution in [1.82, 2.24) is 15.0 Å². The van der Waals surface area contributed by atoms with Gasteiger partial charge in [-0.15, -0.1) is 0 Å². The van der Waals surface area contributed by atoms with E-state index in [0.717, 1.165) is 5.56 Å². The Kier molecular flexibility index (Phi) is 4.18. The monoisotopic (exact) mass is 334 g/mol. The average molecular weight is 335 g/mol. The van der Waals surface area contributed by atoms with Crippen LogP contribution in [0.1, 0.15) is 0 Å². The number of rotatable bonds is 3. The molecule has 0 atom stereocenters. The van der Waals surface area contributed by atoms with Gasteiger partial charge < -0.3 is 5.32 Å². The van der Waals surface area contributed by atoms with E-state index in [0.29, 0.717) is 22.4 Å². The zero-order valence-corrected chi connectivity index (χ0v) is 12.6. The number of nitrogens with one attached hydrogen (secondary N) is 1. The summed E-state index contributed by atoms with van der Waals surface area (Å²) < 4.78 is 13.3. The Morgan fingerprint density at radius 3 is 2.68 bits per heavy atom. The number of hydrogen-bond acceptors (Lipinski definition) is 4. The van der Waals surface area contributed by atoms with E-state index in [1.54, 1.807) is 18.5 Å². The van der Waals surface area contributed by atoms with Crippen molar-refractivity contribution < 1.29 is 4.39 Å². The normalized spacial score (nSPS) is 10.5. The highest BCUT2D eigenvalue weighted by Crippen LogP contribution is 2.27. The molecule has 3 aromatic rings. The fourth-order valence-corrected chi connectivity index (χ4v) is 2.19. The number of anilines is 2. The van der Waals surface area contributed by atoms with Crippen molar-refractivity contribution in [2.75, 3.05) is 5.32 Å². The van der Waals surface area contributed by atoms with Crippen LogP contribution in [0.2, 0.25) is 10.2 Å². The molecule has 22 heavy (non-hydrogen) atoms. The van der Waals surface area contributed by atoms with Gasteiger partial charge in [0, 0.05) is 24.0 Å². The average Bonchev–Trinajstić information content (AvgIpc) is 2.51. The van der Waals surface area contributed by atoms with Gasteiger partial charge in [-0.2, -0.15) is 0 Å². The van der Waals surface area contributed by atoms with Gasteiger partial charge in [0.2, 0.25) is 0 Å². The topological polar surface area (TPSA) is 50.7 Å². The van der Waals surface area contributed by atoms with E-state index in [4.69, 9.17) is 23.2 Å². The van der Waals surface area contributed by atoms with Gasteiger partial charge in [-0.3, -0.25) is 4.98 Å². The molecule has 0 saturated carbocycles. The summed E-state index contributed by atoms with van der Waals surface area (Å²) in [7, 11) is 0. The Labute approximate surface area is 136 Å². The van der Waals surface area contributed by atoms with Crippen molar-refractivity contribution in [3.05, 3.63) is 64.8 Å². The van der Waals surface area contributed by atoms with E-state index in [2.05, 4.69) is 20.3 Å². The number of pyridine rings is 1. The summed E-state index contributed by atoms with van der Waals surface area (Å²) in [6, 6.07) is 9.14. The molecule has 0 amide bonds. The first-order valence-electron chi connectivity index (χ1n) is 6.29. The highest BCUT2D eigenvalue weighted by atomic mass is 35.5. The predicted octanol–water partition coefficient (Wildman–Crippen LogP) is 4.73. The van der Waals surface area contributed by atoms with Crippen LogP contribution in [0.4, 0.5) is 15.9 Å². The molecule has 0 unspecified atom stereocenters. The Balaban J connectivity index is 1.98. The van der Waals surface area contributed by atoms with Crippen molar-refractivity contribution >= 4 is 34.7 Å². The Morgan fingerprint density at radius 2 is 1.91 bits per heavy atom. The van der Waals surface area contributed by atoms with Crippen LogP contribution in [-0.2, 0) is 0 Å². The smallest absolute Gasteiger partial charge is 0.164 e. The fourth-order valence-electron chi connectivity index (χ4n) is 1.84. The molecule has 1 N–H and O–H groups in total. The lowest BCUT2D eigenvalue weighted by Crippen LogP contribution is -1.99.